The van der Waals surface area contributed by atoms with Crippen LogP contribution in [0.4, 0.5) is 5.13 Å². The molecule has 1 heterocycles. The fraction of sp³-hybridized carbons (Fsp3) is 0.556. The molecule has 0 aromatic carbocycles. The number of aromatic nitrogens is 1. The predicted molar refractivity (Wildman–Crippen MR) is 64.1 cm³/mol. The molecule has 0 aliphatic carbocycles. The van der Waals surface area contributed by atoms with Crippen LogP contribution in [0.2, 0.25) is 0 Å². The minimum Gasteiger partial charge on any atom is -0.467 e. The summed E-state index contributed by atoms with van der Waals surface area (Å²) in [5, 5.41) is 5.62. The van der Waals surface area contributed by atoms with Gasteiger partial charge in [0.05, 0.1) is 7.11 Å². The number of carbonyl (C=O) groups is 1. The van der Waals surface area contributed by atoms with Gasteiger partial charge in [-0.1, -0.05) is 13.8 Å². The number of carbonyl (C=O) groups excluding carboxylic acids is 1. The average molecular weight is 293 g/mol. The molecule has 1 aromatic rings. The van der Waals surface area contributed by atoms with E-state index in [4.69, 9.17) is 4.74 Å². The highest BCUT2D eigenvalue weighted by Gasteiger charge is 2.23. The summed E-state index contributed by atoms with van der Waals surface area (Å²) in [7, 11) is 1.39. The van der Waals surface area contributed by atoms with Crippen molar-refractivity contribution in [1.29, 1.82) is 0 Å². The van der Waals surface area contributed by atoms with Gasteiger partial charge in [0.1, 0.15) is 10.6 Å². The van der Waals surface area contributed by atoms with E-state index in [0.29, 0.717) is 5.13 Å². The first-order valence-corrected chi connectivity index (χ1v) is 6.17. The number of nitrogens with zero attached hydrogens (tertiary/aromatic N) is 1. The first kappa shape index (κ1) is 12.4. The van der Waals surface area contributed by atoms with Gasteiger partial charge >= 0.3 is 5.97 Å². The quantitative estimate of drug-likeness (QED) is 0.867. The van der Waals surface area contributed by atoms with Gasteiger partial charge in [0.15, 0.2) is 5.13 Å². The summed E-state index contributed by atoms with van der Waals surface area (Å²) in [4.78, 5) is 15.6. The van der Waals surface area contributed by atoms with Crippen molar-refractivity contribution < 1.29 is 9.53 Å². The molecule has 0 saturated heterocycles. The molecule has 1 unspecified atom stereocenters. The molecule has 84 valence electrons. The number of thiazole rings is 1. The summed E-state index contributed by atoms with van der Waals surface area (Å²) >= 11 is 4.70. The Hall–Kier alpha value is -0.620. The molecule has 0 aliphatic heterocycles. The molecule has 1 atom stereocenters. The average Bonchev–Trinajstić information content (AvgIpc) is 2.59. The minimum absolute atomic E-state index is 0.153. The Labute approximate surface area is 101 Å². The lowest BCUT2D eigenvalue weighted by Crippen LogP contribution is -2.35. The summed E-state index contributed by atoms with van der Waals surface area (Å²) in [6.07, 6.45) is 0. The number of anilines is 1. The molecule has 0 fully saturated rings. The smallest absolute Gasteiger partial charge is 0.328 e. The second-order valence-electron chi connectivity index (χ2n) is 3.36. The number of rotatable bonds is 4. The number of nitrogens with one attached hydrogen (secondary N) is 1. The minimum atomic E-state index is -0.354. The van der Waals surface area contributed by atoms with Gasteiger partial charge in [0.25, 0.3) is 0 Å². The van der Waals surface area contributed by atoms with Crippen molar-refractivity contribution in [2.24, 2.45) is 5.92 Å². The zero-order valence-corrected chi connectivity index (χ0v) is 11.2. The molecule has 6 heteroatoms. The fourth-order valence-corrected chi connectivity index (χ4v) is 2.26. The van der Waals surface area contributed by atoms with Crippen molar-refractivity contribution in [3.05, 3.63) is 9.98 Å². The van der Waals surface area contributed by atoms with Crippen molar-refractivity contribution >= 4 is 38.4 Å². The van der Waals surface area contributed by atoms with Crippen LogP contribution in [0, 0.1) is 5.92 Å². The van der Waals surface area contributed by atoms with Crippen LogP contribution >= 0.6 is 27.3 Å². The number of hydrogen-bond donors (Lipinski definition) is 1. The highest BCUT2D eigenvalue weighted by atomic mass is 79.9. The Morgan fingerprint density at radius 1 is 1.67 bits per heavy atom. The molecule has 1 aromatic heterocycles. The molecular formula is C9H13BrN2O2S. The highest BCUT2D eigenvalue weighted by Crippen LogP contribution is 2.21. The SMILES string of the molecule is COC(=O)C(Nc1nc(Br)cs1)C(C)C. The third-order valence-electron chi connectivity index (χ3n) is 1.88. The Morgan fingerprint density at radius 3 is 2.73 bits per heavy atom. The first-order chi connectivity index (χ1) is 7.04. The topological polar surface area (TPSA) is 51.2 Å². The number of esters is 1. The van der Waals surface area contributed by atoms with Crippen LogP contribution in [0.3, 0.4) is 0 Å². The van der Waals surface area contributed by atoms with E-state index >= 15 is 0 Å². The van der Waals surface area contributed by atoms with Gasteiger partial charge in [-0.15, -0.1) is 11.3 Å². The fourth-order valence-electron chi connectivity index (χ4n) is 1.08. The van der Waals surface area contributed by atoms with Crippen molar-refractivity contribution in [2.45, 2.75) is 19.9 Å². The van der Waals surface area contributed by atoms with Crippen LogP contribution in [-0.2, 0) is 9.53 Å². The first-order valence-electron chi connectivity index (χ1n) is 4.50. The summed E-state index contributed by atoms with van der Waals surface area (Å²) in [5.74, 6) is -0.114. The standard InChI is InChI=1S/C9H13BrN2O2S/c1-5(2)7(8(13)14-3)12-9-11-6(10)4-15-9/h4-5,7H,1-3H3,(H,11,12). The van der Waals surface area contributed by atoms with Crippen molar-refractivity contribution in [3.63, 3.8) is 0 Å². The molecule has 0 amide bonds. The Balaban J connectivity index is 2.71. The Bertz CT molecular complexity index is 341. The van der Waals surface area contributed by atoms with Gasteiger partial charge in [-0.2, -0.15) is 0 Å². The largest absolute Gasteiger partial charge is 0.467 e. The van der Waals surface area contributed by atoms with Gasteiger partial charge in [0.2, 0.25) is 0 Å². The lowest BCUT2D eigenvalue weighted by atomic mass is 10.1. The summed E-state index contributed by atoms with van der Waals surface area (Å²) < 4.78 is 5.48. The summed E-state index contributed by atoms with van der Waals surface area (Å²) in [6, 6.07) is -0.354. The van der Waals surface area contributed by atoms with E-state index in [1.54, 1.807) is 0 Å². The van der Waals surface area contributed by atoms with Gasteiger partial charge in [-0.25, -0.2) is 9.78 Å². The maximum atomic E-state index is 11.4. The van der Waals surface area contributed by atoms with E-state index < -0.39 is 0 Å². The Kier molecular flexibility index (Phi) is 4.53. The van der Waals surface area contributed by atoms with Crippen molar-refractivity contribution in [1.82, 2.24) is 4.98 Å². The van der Waals surface area contributed by atoms with Crippen LogP contribution in [0.25, 0.3) is 0 Å². The summed E-state index contributed by atoms with van der Waals surface area (Å²) in [6.45, 7) is 3.91. The van der Waals surface area contributed by atoms with Gasteiger partial charge < -0.3 is 10.1 Å². The predicted octanol–water partition coefficient (Wildman–Crippen LogP) is 2.52. The van der Waals surface area contributed by atoms with E-state index in [-0.39, 0.29) is 17.9 Å². The van der Waals surface area contributed by atoms with E-state index in [9.17, 15) is 4.79 Å². The summed E-state index contributed by atoms with van der Waals surface area (Å²) in [5.41, 5.74) is 0. The number of methoxy groups -OCH3 is 1. The maximum Gasteiger partial charge on any atom is 0.328 e. The zero-order chi connectivity index (χ0) is 11.4. The van der Waals surface area contributed by atoms with Crippen LogP contribution in [-0.4, -0.2) is 24.1 Å². The second-order valence-corrected chi connectivity index (χ2v) is 5.04. The van der Waals surface area contributed by atoms with Crippen LogP contribution in [0.15, 0.2) is 9.98 Å². The molecule has 1 N–H and O–H groups in total. The normalized spacial score (nSPS) is 12.6. The van der Waals surface area contributed by atoms with Gasteiger partial charge in [-0.05, 0) is 21.8 Å². The van der Waals surface area contributed by atoms with E-state index in [2.05, 4.69) is 26.2 Å². The molecule has 0 saturated carbocycles. The van der Waals surface area contributed by atoms with Crippen LogP contribution in [0.1, 0.15) is 13.8 Å². The monoisotopic (exact) mass is 292 g/mol. The Morgan fingerprint density at radius 2 is 2.33 bits per heavy atom. The third kappa shape index (κ3) is 3.46. The van der Waals surface area contributed by atoms with E-state index in [0.717, 1.165) is 4.60 Å². The van der Waals surface area contributed by atoms with Gasteiger partial charge in [0, 0.05) is 5.38 Å². The van der Waals surface area contributed by atoms with E-state index in [1.807, 2.05) is 19.2 Å². The van der Waals surface area contributed by atoms with Gasteiger partial charge in [-0.3, -0.25) is 0 Å². The molecule has 0 radical (unpaired) electrons. The second kappa shape index (κ2) is 5.46. The molecule has 1 rings (SSSR count). The van der Waals surface area contributed by atoms with Crippen LogP contribution in [0.5, 0.6) is 0 Å². The molecule has 4 nitrogen and oxygen atoms in total. The zero-order valence-electron chi connectivity index (χ0n) is 8.78. The highest BCUT2D eigenvalue weighted by molar-refractivity contribution is 9.10. The van der Waals surface area contributed by atoms with E-state index in [1.165, 1.54) is 18.4 Å². The molecule has 0 bridgehead atoms. The van der Waals surface area contributed by atoms with Crippen molar-refractivity contribution in [2.75, 3.05) is 12.4 Å². The molecule has 0 spiro atoms. The molecule has 0 aliphatic rings. The van der Waals surface area contributed by atoms with Crippen molar-refractivity contribution in [3.8, 4) is 0 Å². The maximum absolute atomic E-state index is 11.4. The molecule has 15 heavy (non-hydrogen) atoms. The molecular weight excluding hydrogens is 280 g/mol. The number of hydrogen-bond acceptors (Lipinski definition) is 5. The number of ether oxygens (including phenoxy) is 1. The lowest BCUT2D eigenvalue weighted by molar-refractivity contribution is -0.142. The lowest BCUT2D eigenvalue weighted by Gasteiger charge is -2.18. The number of halogens is 1. The third-order valence-corrected chi connectivity index (χ3v) is 3.36. The van der Waals surface area contributed by atoms with Crippen LogP contribution < -0.4 is 5.32 Å².